The number of anilines is 1. The van der Waals surface area contributed by atoms with E-state index < -0.39 is 0 Å². The van der Waals surface area contributed by atoms with Crippen molar-refractivity contribution in [2.75, 3.05) is 31.6 Å². The number of fused-ring (bicyclic) bond motifs is 1. The Hall–Kier alpha value is -2.56. The van der Waals surface area contributed by atoms with Crippen molar-refractivity contribution in [1.29, 1.82) is 0 Å². The molecule has 0 bridgehead atoms. The summed E-state index contributed by atoms with van der Waals surface area (Å²) in [6.07, 6.45) is 6.10. The summed E-state index contributed by atoms with van der Waals surface area (Å²) < 4.78 is 5.74. The largest absolute Gasteiger partial charge is 0.493 e. The molecule has 2 aliphatic rings. The van der Waals surface area contributed by atoms with Gasteiger partial charge in [0.2, 0.25) is 0 Å². The monoisotopic (exact) mass is 351 g/mol. The van der Waals surface area contributed by atoms with Crippen molar-refractivity contribution in [3.05, 3.63) is 53.7 Å². The molecular weight excluding hydrogens is 326 g/mol. The molecule has 4 rings (SSSR count). The molecule has 5 heteroatoms. The van der Waals surface area contributed by atoms with Crippen LogP contribution >= 0.6 is 0 Å². The summed E-state index contributed by atoms with van der Waals surface area (Å²) in [5, 5.41) is 3.43. The minimum absolute atomic E-state index is 0.0904. The minimum Gasteiger partial charge on any atom is -0.493 e. The number of hydrogen-bond donors (Lipinski definition) is 1. The predicted molar refractivity (Wildman–Crippen MR) is 102 cm³/mol. The van der Waals surface area contributed by atoms with Crippen molar-refractivity contribution < 1.29 is 9.53 Å². The second kappa shape index (κ2) is 7.77. The highest BCUT2D eigenvalue weighted by molar-refractivity contribution is 5.98. The van der Waals surface area contributed by atoms with Crippen LogP contribution in [0.2, 0.25) is 0 Å². The maximum absolute atomic E-state index is 12.9. The highest BCUT2D eigenvalue weighted by Crippen LogP contribution is 2.33. The lowest BCUT2D eigenvalue weighted by Gasteiger charge is -2.28. The Kier molecular flexibility index (Phi) is 5.04. The predicted octanol–water partition coefficient (Wildman–Crippen LogP) is 3.69. The van der Waals surface area contributed by atoms with Crippen LogP contribution in [0, 0.1) is 0 Å². The van der Waals surface area contributed by atoms with Crippen LogP contribution in [0.1, 0.15) is 47.5 Å². The Bertz CT molecular complexity index is 771. The van der Waals surface area contributed by atoms with Gasteiger partial charge >= 0.3 is 0 Å². The second-order valence-electron chi connectivity index (χ2n) is 7.01. The van der Waals surface area contributed by atoms with Crippen molar-refractivity contribution >= 4 is 11.7 Å². The number of para-hydroxylation sites is 1. The third-order valence-corrected chi connectivity index (χ3v) is 5.28. The van der Waals surface area contributed by atoms with Crippen molar-refractivity contribution in [3.8, 4) is 5.75 Å². The van der Waals surface area contributed by atoms with E-state index in [1.165, 1.54) is 12.0 Å². The first-order valence-corrected chi connectivity index (χ1v) is 9.53. The molecule has 1 fully saturated rings. The number of rotatable bonds is 4. The Morgan fingerprint density at radius 1 is 1.15 bits per heavy atom. The van der Waals surface area contributed by atoms with E-state index in [0.29, 0.717) is 17.3 Å². The summed E-state index contributed by atoms with van der Waals surface area (Å²) in [5.74, 6) is 2.11. The van der Waals surface area contributed by atoms with Gasteiger partial charge in [-0.15, -0.1) is 0 Å². The molecule has 0 radical (unpaired) electrons. The van der Waals surface area contributed by atoms with Crippen LogP contribution in [0.3, 0.4) is 0 Å². The van der Waals surface area contributed by atoms with E-state index in [0.717, 1.165) is 51.3 Å². The number of hydrogen-bond acceptors (Lipinski definition) is 4. The molecule has 136 valence electrons. The van der Waals surface area contributed by atoms with Crippen LogP contribution in [0.25, 0.3) is 0 Å². The minimum atomic E-state index is 0.0904. The van der Waals surface area contributed by atoms with Crippen molar-refractivity contribution in [2.24, 2.45) is 0 Å². The average Bonchev–Trinajstić information content (AvgIpc) is 2.72. The number of amides is 1. The van der Waals surface area contributed by atoms with Gasteiger partial charge in [0.15, 0.2) is 0 Å². The van der Waals surface area contributed by atoms with Crippen LogP contribution in [0.15, 0.2) is 42.6 Å². The lowest BCUT2D eigenvalue weighted by Crippen LogP contribution is -2.36. The molecule has 1 amide bonds. The second-order valence-corrected chi connectivity index (χ2v) is 7.01. The number of ether oxygens (including phenoxy) is 1. The molecule has 0 saturated carbocycles. The molecule has 2 aliphatic heterocycles. The third-order valence-electron chi connectivity index (χ3n) is 5.28. The smallest absolute Gasteiger partial charge is 0.257 e. The summed E-state index contributed by atoms with van der Waals surface area (Å²) in [6, 6.07) is 11.9. The van der Waals surface area contributed by atoms with Gasteiger partial charge in [0.25, 0.3) is 5.91 Å². The highest BCUT2D eigenvalue weighted by Gasteiger charge is 2.24. The highest BCUT2D eigenvalue weighted by atomic mass is 16.5. The zero-order chi connectivity index (χ0) is 17.8. The van der Waals surface area contributed by atoms with E-state index in [9.17, 15) is 4.79 Å². The summed E-state index contributed by atoms with van der Waals surface area (Å²) in [5.41, 5.74) is 1.90. The van der Waals surface area contributed by atoms with Gasteiger partial charge in [-0.05, 0) is 49.4 Å². The normalized spacial score (nSPS) is 19.4. The summed E-state index contributed by atoms with van der Waals surface area (Å²) in [6.45, 7) is 3.17. The summed E-state index contributed by atoms with van der Waals surface area (Å²) in [4.78, 5) is 19.3. The van der Waals surface area contributed by atoms with Crippen LogP contribution in [-0.4, -0.2) is 42.0 Å². The molecule has 5 nitrogen and oxygen atoms in total. The SMILES string of the molecule is O=C(c1cccnc1NCC1CCOc2ccccc21)N1CCCCC1. The van der Waals surface area contributed by atoms with E-state index in [1.807, 2.05) is 35.2 Å². The zero-order valence-electron chi connectivity index (χ0n) is 15.0. The maximum atomic E-state index is 12.9. The van der Waals surface area contributed by atoms with Crippen LogP contribution < -0.4 is 10.1 Å². The van der Waals surface area contributed by atoms with Crippen LogP contribution in [0.5, 0.6) is 5.75 Å². The number of carbonyl (C=O) groups is 1. The molecule has 2 aromatic rings. The van der Waals surface area contributed by atoms with E-state index in [4.69, 9.17) is 4.74 Å². The molecule has 26 heavy (non-hydrogen) atoms. The van der Waals surface area contributed by atoms with Crippen molar-refractivity contribution in [2.45, 2.75) is 31.6 Å². The molecule has 1 aromatic carbocycles. The molecule has 1 aromatic heterocycles. The van der Waals surface area contributed by atoms with Gasteiger partial charge in [0.1, 0.15) is 11.6 Å². The standard InChI is InChI=1S/C21H25N3O2/c25-21(24-12-4-1-5-13-24)18-8-6-11-22-20(18)23-15-16-10-14-26-19-9-3-2-7-17(16)19/h2-3,6-9,11,16H,1,4-5,10,12-15H2,(H,22,23). The zero-order valence-corrected chi connectivity index (χ0v) is 15.0. The number of benzene rings is 1. The number of nitrogens with zero attached hydrogens (tertiary/aromatic N) is 2. The fourth-order valence-electron chi connectivity index (χ4n) is 3.83. The average molecular weight is 351 g/mol. The van der Waals surface area contributed by atoms with Gasteiger partial charge in [-0.25, -0.2) is 4.98 Å². The Labute approximate surface area is 154 Å². The fraction of sp³-hybridized carbons (Fsp3) is 0.429. The van der Waals surface area contributed by atoms with Crippen LogP contribution in [-0.2, 0) is 0 Å². The van der Waals surface area contributed by atoms with Crippen molar-refractivity contribution in [1.82, 2.24) is 9.88 Å². The van der Waals surface area contributed by atoms with Gasteiger partial charge in [-0.1, -0.05) is 18.2 Å². The molecule has 1 saturated heterocycles. The van der Waals surface area contributed by atoms with Gasteiger partial charge in [0.05, 0.1) is 12.2 Å². The van der Waals surface area contributed by atoms with Gasteiger partial charge in [0, 0.05) is 31.7 Å². The molecule has 1 atom stereocenters. The van der Waals surface area contributed by atoms with E-state index >= 15 is 0 Å². The van der Waals surface area contributed by atoms with E-state index in [-0.39, 0.29) is 5.91 Å². The Balaban J connectivity index is 1.48. The number of carbonyl (C=O) groups excluding carboxylic acids is 1. The lowest BCUT2D eigenvalue weighted by atomic mass is 9.93. The fourth-order valence-corrected chi connectivity index (χ4v) is 3.83. The first kappa shape index (κ1) is 16.9. The third kappa shape index (κ3) is 3.52. The first-order valence-electron chi connectivity index (χ1n) is 9.53. The number of nitrogens with one attached hydrogen (secondary N) is 1. The maximum Gasteiger partial charge on any atom is 0.257 e. The molecular formula is C21H25N3O2. The number of pyridine rings is 1. The van der Waals surface area contributed by atoms with Gasteiger partial charge in [-0.3, -0.25) is 4.79 Å². The molecule has 1 unspecified atom stereocenters. The van der Waals surface area contributed by atoms with Crippen LogP contribution in [0.4, 0.5) is 5.82 Å². The quantitative estimate of drug-likeness (QED) is 0.913. The number of piperidine rings is 1. The first-order chi connectivity index (χ1) is 12.8. The topological polar surface area (TPSA) is 54.5 Å². The molecule has 0 aliphatic carbocycles. The Morgan fingerprint density at radius 3 is 2.88 bits per heavy atom. The van der Waals surface area contributed by atoms with E-state index in [2.05, 4.69) is 16.4 Å². The lowest BCUT2D eigenvalue weighted by molar-refractivity contribution is 0.0725. The molecule has 3 heterocycles. The summed E-state index contributed by atoms with van der Waals surface area (Å²) in [7, 11) is 0. The van der Waals surface area contributed by atoms with E-state index in [1.54, 1.807) is 6.20 Å². The molecule has 1 N–H and O–H groups in total. The van der Waals surface area contributed by atoms with Crippen molar-refractivity contribution in [3.63, 3.8) is 0 Å². The van der Waals surface area contributed by atoms with Gasteiger partial charge in [-0.2, -0.15) is 0 Å². The summed E-state index contributed by atoms with van der Waals surface area (Å²) >= 11 is 0. The number of aromatic nitrogens is 1. The Morgan fingerprint density at radius 2 is 2.00 bits per heavy atom. The number of likely N-dealkylation sites (tertiary alicyclic amines) is 1. The van der Waals surface area contributed by atoms with Gasteiger partial charge < -0.3 is 15.0 Å². The molecule has 0 spiro atoms.